The lowest BCUT2D eigenvalue weighted by Crippen LogP contribution is -2.46. The number of hydrogen-bond acceptors (Lipinski definition) is 4. The van der Waals surface area contributed by atoms with Crippen LogP contribution in [0.25, 0.3) is 0 Å². The van der Waals surface area contributed by atoms with Crippen molar-refractivity contribution in [2.75, 3.05) is 6.54 Å². The van der Waals surface area contributed by atoms with E-state index in [2.05, 4.69) is 10.3 Å². The van der Waals surface area contributed by atoms with E-state index in [4.69, 9.17) is 5.11 Å². The summed E-state index contributed by atoms with van der Waals surface area (Å²) in [6.07, 6.45) is 0.901. The lowest BCUT2D eigenvalue weighted by Gasteiger charge is -2.21. The smallest absolute Gasteiger partial charge is 0.326 e. The first kappa shape index (κ1) is 14.3. The minimum atomic E-state index is -1.11. The van der Waals surface area contributed by atoms with Crippen molar-refractivity contribution in [2.24, 2.45) is 0 Å². The Bertz CT molecular complexity index is 520. The molecule has 1 aliphatic heterocycles. The minimum Gasteiger partial charge on any atom is -0.480 e. The van der Waals surface area contributed by atoms with Gasteiger partial charge in [-0.1, -0.05) is 6.07 Å². The molecular formula is C13H17N3O4. The maximum Gasteiger partial charge on any atom is 0.326 e. The van der Waals surface area contributed by atoms with Gasteiger partial charge in [-0.25, -0.2) is 9.59 Å². The van der Waals surface area contributed by atoms with Crippen LogP contribution in [0, 0.1) is 6.92 Å². The molecule has 2 rings (SSSR count). The van der Waals surface area contributed by atoms with Gasteiger partial charge >= 0.3 is 12.0 Å². The standard InChI is InChI=1S/C13H17N3O4/c1-8-3-2-4-14-10(8)6-15-13(20)16-7-9(17)5-11(16)12(18)19/h2-4,9,11,17H,5-7H2,1H3,(H,15,20)(H,18,19)/t9-,11-/m1/s1. The fourth-order valence-electron chi connectivity index (χ4n) is 2.24. The van der Waals surface area contributed by atoms with E-state index < -0.39 is 24.1 Å². The molecule has 1 fully saturated rings. The Morgan fingerprint density at radius 3 is 2.95 bits per heavy atom. The van der Waals surface area contributed by atoms with Crippen molar-refractivity contribution in [3.05, 3.63) is 29.6 Å². The van der Waals surface area contributed by atoms with Crippen LogP contribution in [0.3, 0.4) is 0 Å². The predicted molar refractivity (Wildman–Crippen MR) is 70.0 cm³/mol. The number of aliphatic carboxylic acids is 1. The first-order chi connectivity index (χ1) is 9.49. The summed E-state index contributed by atoms with van der Waals surface area (Å²) in [5.41, 5.74) is 1.68. The molecule has 0 unspecified atom stereocenters. The van der Waals surface area contributed by atoms with Crippen molar-refractivity contribution in [3.63, 3.8) is 0 Å². The Kier molecular flexibility index (Phi) is 4.19. The number of β-amino-alcohol motifs (C(OH)–C–C–N with tert-alkyl or cyclic N) is 1. The number of amides is 2. The molecule has 0 bridgehead atoms. The number of carboxylic acid groups (broad SMARTS) is 1. The number of nitrogens with one attached hydrogen (secondary N) is 1. The first-order valence-electron chi connectivity index (χ1n) is 6.35. The second-order valence-corrected chi connectivity index (χ2v) is 4.82. The lowest BCUT2D eigenvalue weighted by molar-refractivity contribution is -0.141. The monoisotopic (exact) mass is 279 g/mol. The molecule has 7 nitrogen and oxygen atoms in total. The number of nitrogens with zero attached hydrogens (tertiary/aromatic N) is 2. The van der Waals surface area contributed by atoms with Crippen LogP contribution < -0.4 is 5.32 Å². The summed E-state index contributed by atoms with van der Waals surface area (Å²) in [5, 5.41) is 21.2. The van der Waals surface area contributed by atoms with Gasteiger partial charge in [0.15, 0.2) is 0 Å². The van der Waals surface area contributed by atoms with Crippen molar-refractivity contribution in [2.45, 2.75) is 32.0 Å². The number of aliphatic hydroxyl groups excluding tert-OH is 1. The summed E-state index contributed by atoms with van der Waals surface area (Å²) in [4.78, 5) is 28.3. The molecular weight excluding hydrogens is 262 g/mol. The van der Waals surface area contributed by atoms with Crippen molar-refractivity contribution in [1.29, 1.82) is 0 Å². The van der Waals surface area contributed by atoms with Crippen molar-refractivity contribution in [3.8, 4) is 0 Å². The lowest BCUT2D eigenvalue weighted by atomic mass is 10.2. The number of carboxylic acids is 1. The Morgan fingerprint density at radius 1 is 1.55 bits per heavy atom. The average Bonchev–Trinajstić information content (AvgIpc) is 2.80. The Labute approximate surface area is 116 Å². The van der Waals surface area contributed by atoms with Crippen molar-refractivity contribution < 1.29 is 19.8 Å². The third kappa shape index (κ3) is 3.05. The van der Waals surface area contributed by atoms with E-state index in [0.29, 0.717) is 0 Å². The molecule has 2 heterocycles. The third-order valence-corrected chi connectivity index (χ3v) is 3.35. The normalized spacial score (nSPS) is 21.8. The van der Waals surface area contributed by atoms with E-state index in [9.17, 15) is 14.7 Å². The number of aliphatic hydroxyl groups is 1. The zero-order valence-corrected chi connectivity index (χ0v) is 11.1. The van der Waals surface area contributed by atoms with Gasteiger partial charge in [0.1, 0.15) is 6.04 Å². The zero-order chi connectivity index (χ0) is 14.7. The van der Waals surface area contributed by atoms with Gasteiger partial charge in [0.2, 0.25) is 0 Å². The van der Waals surface area contributed by atoms with Crippen LogP contribution in [0.4, 0.5) is 4.79 Å². The molecule has 2 atom stereocenters. The molecule has 0 aliphatic carbocycles. The molecule has 20 heavy (non-hydrogen) atoms. The average molecular weight is 279 g/mol. The van der Waals surface area contributed by atoms with Gasteiger partial charge in [0.25, 0.3) is 0 Å². The van der Waals surface area contributed by atoms with E-state index in [1.165, 1.54) is 0 Å². The molecule has 108 valence electrons. The van der Waals surface area contributed by atoms with Crippen LogP contribution in [0.5, 0.6) is 0 Å². The highest BCUT2D eigenvalue weighted by Gasteiger charge is 2.38. The van der Waals surface area contributed by atoms with Gasteiger partial charge in [-0.15, -0.1) is 0 Å². The van der Waals surface area contributed by atoms with E-state index in [1.54, 1.807) is 12.3 Å². The van der Waals surface area contributed by atoms with E-state index in [0.717, 1.165) is 16.2 Å². The Balaban J connectivity index is 1.98. The van der Waals surface area contributed by atoms with Crippen LogP contribution in [-0.2, 0) is 11.3 Å². The number of urea groups is 1. The highest BCUT2D eigenvalue weighted by atomic mass is 16.4. The van der Waals surface area contributed by atoms with E-state index in [-0.39, 0.29) is 19.5 Å². The number of pyridine rings is 1. The number of likely N-dealkylation sites (tertiary alicyclic amines) is 1. The number of hydrogen-bond donors (Lipinski definition) is 3. The fourth-order valence-corrected chi connectivity index (χ4v) is 2.24. The van der Waals surface area contributed by atoms with Gasteiger partial charge in [0, 0.05) is 19.2 Å². The second-order valence-electron chi connectivity index (χ2n) is 4.82. The van der Waals surface area contributed by atoms with Crippen molar-refractivity contribution >= 4 is 12.0 Å². The van der Waals surface area contributed by atoms with E-state index in [1.807, 2.05) is 13.0 Å². The van der Waals surface area contributed by atoms with Gasteiger partial charge in [0.05, 0.1) is 18.3 Å². The molecule has 1 aromatic rings. The molecule has 1 saturated heterocycles. The number of aromatic nitrogens is 1. The molecule has 1 aliphatic rings. The maximum atomic E-state index is 12.0. The van der Waals surface area contributed by atoms with Gasteiger partial charge in [-0.05, 0) is 18.6 Å². The molecule has 3 N–H and O–H groups in total. The fraction of sp³-hybridized carbons (Fsp3) is 0.462. The van der Waals surface area contributed by atoms with Crippen LogP contribution >= 0.6 is 0 Å². The molecule has 1 aromatic heterocycles. The Morgan fingerprint density at radius 2 is 2.30 bits per heavy atom. The van der Waals surface area contributed by atoms with Gasteiger partial charge in [-0.2, -0.15) is 0 Å². The number of carbonyl (C=O) groups excluding carboxylic acids is 1. The third-order valence-electron chi connectivity index (χ3n) is 3.35. The summed E-state index contributed by atoms with van der Waals surface area (Å²) in [7, 11) is 0. The summed E-state index contributed by atoms with van der Waals surface area (Å²) in [6.45, 7) is 2.14. The van der Waals surface area contributed by atoms with Crippen LogP contribution in [0.1, 0.15) is 17.7 Å². The topological polar surface area (TPSA) is 103 Å². The SMILES string of the molecule is Cc1cccnc1CNC(=O)N1C[C@H](O)C[C@@H]1C(=O)O. The number of aryl methyl sites for hydroxylation is 1. The molecule has 0 saturated carbocycles. The largest absolute Gasteiger partial charge is 0.480 e. The van der Waals surface area contributed by atoms with Crippen LogP contribution in [-0.4, -0.2) is 50.8 Å². The maximum absolute atomic E-state index is 12.0. The molecule has 0 spiro atoms. The zero-order valence-electron chi connectivity index (χ0n) is 11.1. The number of rotatable bonds is 3. The predicted octanol–water partition coefficient (Wildman–Crippen LogP) is 0.119. The van der Waals surface area contributed by atoms with Crippen LogP contribution in [0.15, 0.2) is 18.3 Å². The van der Waals surface area contributed by atoms with Crippen LogP contribution in [0.2, 0.25) is 0 Å². The van der Waals surface area contributed by atoms with Gasteiger partial charge in [-0.3, -0.25) is 4.98 Å². The highest BCUT2D eigenvalue weighted by Crippen LogP contribution is 2.18. The quantitative estimate of drug-likeness (QED) is 0.729. The minimum absolute atomic E-state index is 0.0317. The Hall–Kier alpha value is -2.15. The number of carbonyl (C=O) groups is 2. The van der Waals surface area contributed by atoms with E-state index >= 15 is 0 Å². The second kappa shape index (κ2) is 5.87. The summed E-state index contributed by atoms with van der Waals surface area (Å²) >= 11 is 0. The van der Waals surface area contributed by atoms with Gasteiger partial charge < -0.3 is 20.4 Å². The summed E-state index contributed by atoms with van der Waals surface area (Å²) < 4.78 is 0. The molecule has 0 radical (unpaired) electrons. The molecule has 0 aromatic carbocycles. The summed E-state index contributed by atoms with van der Waals surface area (Å²) in [5.74, 6) is -1.11. The summed E-state index contributed by atoms with van der Waals surface area (Å²) in [6, 6.07) is 2.21. The molecule has 2 amide bonds. The highest BCUT2D eigenvalue weighted by molar-refractivity contribution is 5.83. The molecule has 7 heteroatoms. The first-order valence-corrected chi connectivity index (χ1v) is 6.35. The van der Waals surface area contributed by atoms with Crippen molar-refractivity contribution in [1.82, 2.24) is 15.2 Å².